The highest BCUT2D eigenvalue weighted by atomic mass is 15.1. The first-order chi connectivity index (χ1) is 33.3. The molecule has 0 amide bonds. The summed E-state index contributed by atoms with van der Waals surface area (Å²) in [6.45, 7) is 8.61. The normalized spacial score (nSPS) is 11.5. The summed E-state index contributed by atoms with van der Waals surface area (Å²) in [5.41, 5.74) is 18.2. The number of hydrogen-bond acceptors (Lipinski definition) is 4. The lowest BCUT2D eigenvalue weighted by molar-refractivity contribution is 1.06. The summed E-state index contributed by atoms with van der Waals surface area (Å²) < 4.78 is 4.52. The summed E-state index contributed by atoms with van der Waals surface area (Å²) in [5.74, 6) is 1.61. The number of aromatic nitrogens is 5. The molecule has 0 fully saturated rings. The van der Waals surface area contributed by atoms with Gasteiger partial charge in [-0.1, -0.05) is 157 Å². The fourth-order valence-electron chi connectivity index (χ4n) is 10.2. The van der Waals surface area contributed by atoms with E-state index >= 15 is 0 Å². The number of para-hydroxylation sites is 2. The van der Waals surface area contributed by atoms with Crippen LogP contribution in [0.1, 0.15) is 27.8 Å². The van der Waals surface area contributed by atoms with Gasteiger partial charge in [0.2, 0.25) is 0 Å². The number of benzene rings is 9. The summed E-state index contributed by atoms with van der Waals surface area (Å²) >= 11 is 0. The molecule has 12 aromatic rings. The molecular formula is C62H44N6. The molecule has 6 nitrogen and oxygen atoms in total. The molecule has 0 aliphatic heterocycles. The summed E-state index contributed by atoms with van der Waals surface area (Å²) in [5, 5.41) is 15.8. The topological polar surface area (TPSA) is 72.3 Å². The number of fused-ring (bicyclic) bond motifs is 6. The van der Waals surface area contributed by atoms with Gasteiger partial charge in [0.1, 0.15) is 6.07 Å². The fourth-order valence-corrected chi connectivity index (χ4v) is 10.2. The third kappa shape index (κ3) is 6.75. The van der Waals surface area contributed by atoms with Crippen LogP contribution in [0.25, 0.3) is 111 Å². The van der Waals surface area contributed by atoms with Crippen LogP contribution in [0.3, 0.4) is 0 Å². The molecule has 0 spiro atoms. The molecular weight excluding hydrogens is 829 g/mol. The van der Waals surface area contributed by atoms with E-state index in [1.165, 1.54) is 33.4 Å². The van der Waals surface area contributed by atoms with Crippen molar-refractivity contribution in [3.63, 3.8) is 0 Å². The maximum Gasteiger partial charge on any atom is 0.166 e. The van der Waals surface area contributed by atoms with E-state index in [-0.39, 0.29) is 0 Å². The third-order valence-electron chi connectivity index (χ3n) is 13.4. The molecule has 0 bridgehead atoms. The molecule has 0 saturated heterocycles. The van der Waals surface area contributed by atoms with Gasteiger partial charge >= 0.3 is 0 Å². The fraction of sp³-hybridized carbons (Fsp3) is 0.0645. The quantitative estimate of drug-likeness (QED) is 0.160. The largest absolute Gasteiger partial charge is 0.308 e. The Labute approximate surface area is 394 Å². The van der Waals surface area contributed by atoms with Gasteiger partial charge in [0, 0.05) is 38.2 Å². The van der Waals surface area contributed by atoms with Gasteiger partial charge in [-0.3, -0.25) is 0 Å². The van der Waals surface area contributed by atoms with Crippen LogP contribution < -0.4 is 0 Å². The maximum atomic E-state index is 11.4. The van der Waals surface area contributed by atoms with Gasteiger partial charge in [-0.05, 0) is 110 Å². The van der Waals surface area contributed by atoms with E-state index in [0.29, 0.717) is 23.0 Å². The summed E-state index contributed by atoms with van der Waals surface area (Å²) in [6.07, 6.45) is 0. The van der Waals surface area contributed by atoms with Gasteiger partial charge in [-0.2, -0.15) is 5.26 Å². The maximum absolute atomic E-state index is 11.4. The third-order valence-corrected chi connectivity index (χ3v) is 13.4. The van der Waals surface area contributed by atoms with E-state index in [1.54, 1.807) is 0 Å². The van der Waals surface area contributed by atoms with E-state index in [2.05, 4.69) is 170 Å². The number of nitriles is 1. The van der Waals surface area contributed by atoms with Crippen LogP contribution in [0.15, 0.2) is 194 Å². The van der Waals surface area contributed by atoms with E-state index in [4.69, 9.17) is 15.0 Å². The van der Waals surface area contributed by atoms with Gasteiger partial charge in [-0.15, -0.1) is 0 Å². The minimum absolute atomic E-state index is 0.495. The van der Waals surface area contributed by atoms with E-state index in [0.717, 1.165) is 82.8 Å². The first kappa shape index (κ1) is 40.6. The van der Waals surface area contributed by atoms with Crippen molar-refractivity contribution in [1.82, 2.24) is 24.1 Å². The first-order valence-corrected chi connectivity index (χ1v) is 23.0. The molecule has 0 aliphatic carbocycles. The Hall–Kier alpha value is -8.92. The van der Waals surface area contributed by atoms with Gasteiger partial charge in [0.05, 0.1) is 39.0 Å². The standard InChI is InChI=1S/C62H44N6/c1-38-23-27-47(40(3)31-38)44-25-29-56-51(33-44)49-19-11-13-21-54(49)67(56)58-36-53(62-65-60(42-15-7-5-8-16-42)64-61(66-62)43-17-9-6-10-18-43)59(35-46(58)37-63)68-55-22-14-12-20-50(55)52-34-45(26-30-57(52)68)48-28-24-39(2)32-41(48)4/h5-36H,1-4H3. The molecule has 6 heteroatoms. The van der Waals surface area contributed by atoms with Gasteiger partial charge in [-0.25, -0.2) is 15.0 Å². The lowest BCUT2D eigenvalue weighted by atomic mass is 9.97. The molecule has 3 aromatic heterocycles. The van der Waals surface area contributed by atoms with Crippen LogP contribution in [0.2, 0.25) is 0 Å². The zero-order valence-corrected chi connectivity index (χ0v) is 38.2. The van der Waals surface area contributed by atoms with Crippen molar-refractivity contribution in [1.29, 1.82) is 5.26 Å². The van der Waals surface area contributed by atoms with Crippen molar-refractivity contribution in [2.45, 2.75) is 27.7 Å². The monoisotopic (exact) mass is 872 g/mol. The molecule has 0 N–H and O–H groups in total. The number of rotatable bonds is 7. The van der Waals surface area contributed by atoms with Crippen LogP contribution in [0.4, 0.5) is 0 Å². The molecule has 322 valence electrons. The van der Waals surface area contributed by atoms with Gasteiger partial charge in [0.25, 0.3) is 0 Å². The smallest absolute Gasteiger partial charge is 0.166 e. The molecule has 9 aromatic carbocycles. The highest BCUT2D eigenvalue weighted by molar-refractivity contribution is 6.12. The zero-order chi connectivity index (χ0) is 46.0. The van der Waals surface area contributed by atoms with E-state index in [1.807, 2.05) is 66.7 Å². The van der Waals surface area contributed by atoms with E-state index in [9.17, 15) is 5.26 Å². The number of hydrogen-bond donors (Lipinski definition) is 0. The lowest BCUT2D eigenvalue weighted by Gasteiger charge is -2.19. The highest BCUT2D eigenvalue weighted by Gasteiger charge is 2.25. The minimum Gasteiger partial charge on any atom is -0.308 e. The predicted molar refractivity (Wildman–Crippen MR) is 279 cm³/mol. The second-order valence-corrected chi connectivity index (χ2v) is 17.8. The van der Waals surface area contributed by atoms with Crippen molar-refractivity contribution in [2.75, 3.05) is 0 Å². The summed E-state index contributed by atoms with van der Waals surface area (Å²) in [7, 11) is 0. The highest BCUT2D eigenvalue weighted by Crippen LogP contribution is 2.42. The number of aryl methyl sites for hydroxylation is 4. The molecule has 0 saturated carbocycles. The average molecular weight is 873 g/mol. The Morgan fingerprint density at radius 3 is 1.28 bits per heavy atom. The second kappa shape index (κ2) is 16.2. The first-order valence-electron chi connectivity index (χ1n) is 23.0. The van der Waals surface area contributed by atoms with Gasteiger partial charge in [0.15, 0.2) is 17.5 Å². The SMILES string of the molecule is Cc1ccc(-c2ccc3c(c2)c2ccccc2n3-c2cc(-c3nc(-c4ccccc4)nc(-c4ccccc4)n3)c(-n3c4ccccc4c4cc(-c5ccc(C)cc5C)ccc43)cc2C#N)c(C)c1. The molecule has 3 heterocycles. The Balaban J connectivity index is 1.17. The Kier molecular flexibility index (Phi) is 9.67. The molecule has 0 atom stereocenters. The molecule has 12 rings (SSSR count). The predicted octanol–water partition coefficient (Wildman–Crippen LogP) is 15.5. The van der Waals surface area contributed by atoms with Crippen LogP contribution >= 0.6 is 0 Å². The van der Waals surface area contributed by atoms with Crippen molar-refractivity contribution < 1.29 is 0 Å². The summed E-state index contributed by atoms with van der Waals surface area (Å²) in [4.78, 5) is 15.8. The van der Waals surface area contributed by atoms with Crippen LogP contribution in [-0.2, 0) is 0 Å². The Morgan fingerprint density at radius 2 is 0.794 bits per heavy atom. The summed E-state index contributed by atoms with van der Waals surface area (Å²) in [6, 6.07) is 70.7. The molecule has 0 aliphatic rings. The second-order valence-electron chi connectivity index (χ2n) is 17.8. The minimum atomic E-state index is 0.495. The van der Waals surface area contributed by atoms with Crippen molar-refractivity contribution in [3.05, 3.63) is 222 Å². The van der Waals surface area contributed by atoms with Crippen molar-refractivity contribution >= 4 is 43.6 Å². The molecule has 0 radical (unpaired) electrons. The lowest BCUT2D eigenvalue weighted by Crippen LogP contribution is -2.07. The van der Waals surface area contributed by atoms with Crippen LogP contribution in [0, 0.1) is 39.0 Å². The Morgan fingerprint density at radius 1 is 0.353 bits per heavy atom. The van der Waals surface area contributed by atoms with Crippen LogP contribution in [0.5, 0.6) is 0 Å². The Bertz CT molecular complexity index is 3960. The van der Waals surface area contributed by atoms with Crippen LogP contribution in [-0.4, -0.2) is 24.1 Å². The van der Waals surface area contributed by atoms with Gasteiger partial charge < -0.3 is 9.13 Å². The molecule has 0 unspecified atom stereocenters. The number of nitrogens with zero attached hydrogens (tertiary/aromatic N) is 6. The van der Waals surface area contributed by atoms with E-state index < -0.39 is 0 Å². The zero-order valence-electron chi connectivity index (χ0n) is 38.2. The average Bonchev–Trinajstić information content (AvgIpc) is 3.88. The molecule has 68 heavy (non-hydrogen) atoms. The van der Waals surface area contributed by atoms with Crippen molar-refractivity contribution in [2.24, 2.45) is 0 Å². The van der Waals surface area contributed by atoms with Crippen molar-refractivity contribution in [3.8, 4) is 73.9 Å².